The second-order valence-corrected chi connectivity index (χ2v) is 5.92. The molecule has 0 unspecified atom stereocenters. The van der Waals surface area contributed by atoms with Gasteiger partial charge in [-0.1, -0.05) is 13.8 Å². The molecule has 0 bridgehead atoms. The number of hydrogen-bond donors (Lipinski definition) is 1. The Bertz CT molecular complexity index is 693. The number of furan rings is 1. The summed E-state index contributed by atoms with van der Waals surface area (Å²) in [5.74, 6) is 0.902. The van der Waals surface area contributed by atoms with Gasteiger partial charge in [-0.3, -0.25) is 4.79 Å². The number of hydrazone groups is 1. The predicted molar refractivity (Wildman–Crippen MR) is 87.2 cm³/mol. The third-order valence-corrected chi connectivity index (χ3v) is 3.63. The molecule has 0 saturated heterocycles. The van der Waals surface area contributed by atoms with Crippen molar-refractivity contribution in [1.29, 1.82) is 0 Å². The van der Waals surface area contributed by atoms with Crippen LogP contribution in [-0.4, -0.2) is 16.7 Å². The van der Waals surface area contributed by atoms with E-state index in [0.717, 1.165) is 17.8 Å². The minimum Gasteiger partial charge on any atom is -0.469 e. The van der Waals surface area contributed by atoms with Crippen molar-refractivity contribution in [1.82, 2.24) is 9.99 Å². The smallest absolute Gasteiger partial charge is 0.274 e. The second-order valence-electron chi connectivity index (χ2n) is 5.92. The number of carbonyl (C=O) groups is 1. The Balaban J connectivity index is 2.08. The minimum absolute atomic E-state index is 0.265. The molecule has 0 aliphatic carbocycles. The van der Waals surface area contributed by atoms with Gasteiger partial charge in [0.15, 0.2) is 0 Å². The molecule has 0 fully saturated rings. The highest BCUT2D eigenvalue weighted by Gasteiger charge is 2.11. The van der Waals surface area contributed by atoms with Crippen molar-refractivity contribution in [2.45, 2.75) is 41.2 Å². The van der Waals surface area contributed by atoms with Crippen LogP contribution in [0, 0.1) is 26.7 Å². The summed E-state index contributed by atoms with van der Waals surface area (Å²) in [5, 5.41) is 4.05. The minimum atomic E-state index is -0.265. The summed E-state index contributed by atoms with van der Waals surface area (Å²) in [5.41, 5.74) is 6.41. The maximum Gasteiger partial charge on any atom is 0.274 e. The van der Waals surface area contributed by atoms with E-state index in [1.165, 1.54) is 12.0 Å². The maximum absolute atomic E-state index is 11.9. The quantitative estimate of drug-likeness (QED) is 0.679. The molecule has 22 heavy (non-hydrogen) atoms. The van der Waals surface area contributed by atoms with Crippen molar-refractivity contribution in [3.63, 3.8) is 0 Å². The highest BCUT2D eigenvalue weighted by atomic mass is 16.3. The zero-order valence-corrected chi connectivity index (χ0v) is 13.8. The first-order valence-electron chi connectivity index (χ1n) is 7.44. The standard InChI is InChI=1S/C17H23N3O2/c1-11(2)10-20-12(3)8-15(13(20)4)9-18-19-17(21)16-6-7-22-14(16)5/h6-9,11H,10H2,1-5H3,(H,19,21)/b18-9-. The summed E-state index contributed by atoms with van der Waals surface area (Å²) in [7, 11) is 0. The molecule has 5 heteroatoms. The number of hydrogen-bond acceptors (Lipinski definition) is 3. The normalized spacial score (nSPS) is 11.5. The van der Waals surface area contributed by atoms with Gasteiger partial charge in [-0.2, -0.15) is 5.10 Å². The van der Waals surface area contributed by atoms with Crippen LogP contribution in [0.25, 0.3) is 0 Å². The number of aromatic nitrogens is 1. The van der Waals surface area contributed by atoms with Crippen LogP contribution in [0.1, 0.15) is 46.9 Å². The maximum atomic E-state index is 11.9. The van der Waals surface area contributed by atoms with Crippen molar-refractivity contribution in [2.75, 3.05) is 0 Å². The molecule has 0 spiro atoms. The summed E-state index contributed by atoms with van der Waals surface area (Å²) in [4.78, 5) is 11.9. The molecule has 118 valence electrons. The Hall–Kier alpha value is -2.30. The Morgan fingerprint density at radius 3 is 2.73 bits per heavy atom. The Morgan fingerprint density at radius 2 is 2.14 bits per heavy atom. The number of amides is 1. The molecule has 2 aromatic rings. The van der Waals surface area contributed by atoms with Crippen molar-refractivity contribution >= 4 is 12.1 Å². The fourth-order valence-corrected chi connectivity index (χ4v) is 2.45. The summed E-state index contributed by atoms with van der Waals surface area (Å²) in [6.45, 7) is 11.3. The highest BCUT2D eigenvalue weighted by molar-refractivity contribution is 5.95. The topological polar surface area (TPSA) is 59.5 Å². The molecule has 2 heterocycles. The van der Waals surface area contributed by atoms with Crippen LogP contribution in [0.4, 0.5) is 0 Å². The molecule has 0 aliphatic heterocycles. The van der Waals surface area contributed by atoms with Crippen molar-refractivity contribution < 1.29 is 9.21 Å². The lowest BCUT2D eigenvalue weighted by Crippen LogP contribution is -2.17. The molecule has 2 aromatic heterocycles. The van der Waals surface area contributed by atoms with E-state index in [2.05, 4.69) is 48.9 Å². The molecule has 1 N–H and O–H groups in total. The lowest BCUT2D eigenvalue weighted by molar-refractivity contribution is 0.0953. The van der Waals surface area contributed by atoms with Crippen molar-refractivity contribution in [3.05, 3.63) is 46.7 Å². The van der Waals surface area contributed by atoms with E-state index >= 15 is 0 Å². The van der Waals surface area contributed by atoms with Gasteiger partial charge < -0.3 is 8.98 Å². The first-order valence-corrected chi connectivity index (χ1v) is 7.44. The molecule has 0 radical (unpaired) electrons. The van der Waals surface area contributed by atoms with E-state index in [1.54, 1.807) is 19.2 Å². The lowest BCUT2D eigenvalue weighted by atomic mass is 10.2. The van der Waals surface area contributed by atoms with Gasteiger partial charge in [-0.15, -0.1) is 0 Å². The Labute approximate surface area is 131 Å². The Morgan fingerprint density at radius 1 is 1.41 bits per heavy atom. The Kier molecular flexibility index (Phi) is 4.85. The van der Waals surface area contributed by atoms with Gasteiger partial charge in [0.1, 0.15) is 5.76 Å². The summed E-state index contributed by atoms with van der Waals surface area (Å²) in [6, 6.07) is 3.71. The molecular weight excluding hydrogens is 278 g/mol. The van der Waals surface area contributed by atoms with E-state index in [4.69, 9.17) is 4.42 Å². The van der Waals surface area contributed by atoms with Crippen LogP contribution in [0.2, 0.25) is 0 Å². The summed E-state index contributed by atoms with van der Waals surface area (Å²) < 4.78 is 7.38. The van der Waals surface area contributed by atoms with Gasteiger partial charge in [-0.25, -0.2) is 5.43 Å². The molecule has 1 amide bonds. The molecule has 0 aliphatic rings. The molecule has 2 rings (SSSR count). The van der Waals surface area contributed by atoms with Crippen molar-refractivity contribution in [3.8, 4) is 0 Å². The average molecular weight is 301 g/mol. The average Bonchev–Trinajstić information content (AvgIpc) is 2.97. The number of rotatable bonds is 5. The van der Waals surface area contributed by atoms with Crippen LogP contribution < -0.4 is 5.43 Å². The largest absolute Gasteiger partial charge is 0.469 e. The van der Waals surface area contributed by atoms with E-state index in [-0.39, 0.29) is 5.91 Å². The third-order valence-electron chi connectivity index (χ3n) is 3.63. The van der Waals surface area contributed by atoms with Gasteiger partial charge in [-0.05, 0) is 38.8 Å². The van der Waals surface area contributed by atoms with Crippen LogP contribution in [-0.2, 0) is 6.54 Å². The van der Waals surface area contributed by atoms with Crippen LogP contribution in [0.5, 0.6) is 0 Å². The monoisotopic (exact) mass is 301 g/mol. The van der Waals surface area contributed by atoms with E-state index in [0.29, 0.717) is 17.2 Å². The molecule has 0 atom stereocenters. The van der Waals surface area contributed by atoms with Gasteiger partial charge in [0.25, 0.3) is 5.91 Å². The fourth-order valence-electron chi connectivity index (χ4n) is 2.45. The molecule has 0 aromatic carbocycles. The van der Waals surface area contributed by atoms with Crippen LogP contribution in [0.3, 0.4) is 0 Å². The number of nitrogens with zero attached hydrogens (tertiary/aromatic N) is 2. The molecule has 5 nitrogen and oxygen atoms in total. The van der Waals surface area contributed by atoms with E-state index in [9.17, 15) is 4.79 Å². The third kappa shape index (κ3) is 3.47. The first kappa shape index (κ1) is 16.1. The SMILES string of the molecule is Cc1occc1C(=O)N/N=C\c1cc(C)n(CC(C)C)c1C. The molecular formula is C17H23N3O2. The van der Waals surface area contributed by atoms with Gasteiger partial charge in [0.2, 0.25) is 0 Å². The van der Waals surface area contributed by atoms with E-state index in [1.807, 2.05) is 0 Å². The van der Waals surface area contributed by atoms with Gasteiger partial charge in [0.05, 0.1) is 18.0 Å². The molecule has 0 saturated carbocycles. The van der Waals surface area contributed by atoms with Crippen molar-refractivity contribution in [2.24, 2.45) is 11.0 Å². The zero-order chi connectivity index (χ0) is 16.3. The van der Waals surface area contributed by atoms with E-state index < -0.39 is 0 Å². The number of aryl methyl sites for hydroxylation is 2. The summed E-state index contributed by atoms with van der Waals surface area (Å²) >= 11 is 0. The number of carbonyl (C=O) groups excluding carboxylic acids is 1. The highest BCUT2D eigenvalue weighted by Crippen LogP contribution is 2.15. The fraction of sp³-hybridized carbons (Fsp3) is 0.412. The summed E-state index contributed by atoms with van der Waals surface area (Å²) in [6.07, 6.45) is 3.18. The van der Waals surface area contributed by atoms with Crippen LogP contribution in [0.15, 0.2) is 27.9 Å². The lowest BCUT2D eigenvalue weighted by Gasteiger charge is -2.11. The van der Waals surface area contributed by atoms with Crippen LogP contribution >= 0.6 is 0 Å². The number of nitrogens with one attached hydrogen (secondary N) is 1. The zero-order valence-electron chi connectivity index (χ0n) is 13.8. The van der Waals surface area contributed by atoms with Gasteiger partial charge >= 0.3 is 0 Å². The van der Waals surface area contributed by atoms with Gasteiger partial charge in [0, 0.05) is 23.5 Å². The predicted octanol–water partition coefficient (Wildman–Crippen LogP) is 3.43. The first-order chi connectivity index (χ1) is 10.4. The second kappa shape index (κ2) is 6.64.